The van der Waals surface area contributed by atoms with E-state index in [1.807, 2.05) is 25.2 Å². The molecule has 0 bridgehead atoms. The van der Waals surface area contributed by atoms with Crippen LogP contribution in [0, 0.1) is 0 Å². The van der Waals surface area contributed by atoms with Crippen molar-refractivity contribution in [2.24, 2.45) is 0 Å². The topological polar surface area (TPSA) is 30.7 Å². The molecule has 0 aliphatic carbocycles. The fraction of sp³-hybridized carbons (Fsp3) is 0.0417. The molecule has 3 heterocycles. The molecule has 3 nitrogen and oxygen atoms in total. The molecule has 0 saturated heterocycles. The molecule has 246 valence electrons. The second-order valence-corrected chi connectivity index (χ2v) is 14.0. The van der Waals surface area contributed by atoms with E-state index >= 15 is 0 Å². The highest BCUT2D eigenvalue weighted by atomic mass is 32.1. The Morgan fingerprint density at radius 3 is 1.92 bits per heavy atom. The highest BCUT2D eigenvalue weighted by Gasteiger charge is 2.22. The van der Waals surface area contributed by atoms with Crippen LogP contribution in [0.15, 0.2) is 164 Å². The number of rotatable bonds is 3. The molecule has 0 radical (unpaired) electrons. The van der Waals surface area contributed by atoms with Crippen molar-refractivity contribution in [3.05, 3.63) is 164 Å². The molecule has 0 aliphatic heterocycles. The van der Waals surface area contributed by atoms with Gasteiger partial charge in [-0.05, 0) is 57.4 Å². The third kappa shape index (κ3) is 4.58. The van der Waals surface area contributed by atoms with Gasteiger partial charge in [0.05, 0.1) is 22.2 Å². The van der Waals surface area contributed by atoms with Crippen molar-refractivity contribution < 1.29 is 0 Å². The highest BCUT2D eigenvalue weighted by molar-refractivity contribution is 7.26. The lowest BCUT2D eigenvalue weighted by Crippen LogP contribution is -2.04. The molecule has 0 unspecified atom stereocenters. The number of para-hydroxylation sites is 2. The maximum absolute atomic E-state index is 5.40. The lowest BCUT2D eigenvalue weighted by Gasteiger charge is -2.13. The van der Waals surface area contributed by atoms with Gasteiger partial charge >= 0.3 is 0 Å². The summed E-state index contributed by atoms with van der Waals surface area (Å²) in [7, 11) is 0. The van der Waals surface area contributed by atoms with Crippen molar-refractivity contribution in [3.8, 4) is 28.3 Å². The molecule has 0 atom stereocenters. The van der Waals surface area contributed by atoms with Gasteiger partial charge in [0.15, 0.2) is 0 Å². The van der Waals surface area contributed by atoms with Crippen LogP contribution in [0.4, 0.5) is 0 Å². The third-order valence-electron chi connectivity index (χ3n) is 10.2. The first-order valence-corrected chi connectivity index (χ1v) is 18.7. The fourth-order valence-corrected chi connectivity index (χ4v) is 9.07. The van der Waals surface area contributed by atoms with Crippen LogP contribution in [-0.4, -0.2) is 14.5 Å². The average Bonchev–Trinajstić information content (AvgIpc) is 3.77. The molecular formula is C48H33N3S. The molecule has 11 aromatic rings. The molecule has 8 aromatic carbocycles. The smallest absolute Gasteiger partial charge is 0.235 e. The number of hydrogen-bond donors (Lipinski definition) is 0. The van der Waals surface area contributed by atoms with Crippen LogP contribution < -0.4 is 0 Å². The molecule has 0 aliphatic rings. The Balaban J connectivity index is 0.00000166. The van der Waals surface area contributed by atoms with Gasteiger partial charge < -0.3 is 0 Å². The summed E-state index contributed by atoms with van der Waals surface area (Å²) >= 11 is 1.86. The Kier molecular flexibility index (Phi) is 7.12. The minimum atomic E-state index is 0.665. The Labute approximate surface area is 305 Å². The van der Waals surface area contributed by atoms with Gasteiger partial charge in [0.1, 0.15) is 0 Å². The molecule has 3 aromatic heterocycles. The number of nitrogens with zero attached hydrogens (tertiary/aromatic N) is 3. The molecule has 52 heavy (non-hydrogen) atoms. The van der Waals surface area contributed by atoms with Crippen LogP contribution in [0.25, 0.3) is 103 Å². The lowest BCUT2D eigenvalue weighted by atomic mass is 9.97. The van der Waals surface area contributed by atoms with E-state index in [-0.39, 0.29) is 0 Å². The van der Waals surface area contributed by atoms with Crippen LogP contribution >= 0.6 is 11.3 Å². The zero-order chi connectivity index (χ0) is 34.8. The first-order chi connectivity index (χ1) is 25.8. The van der Waals surface area contributed by atoms with E-state index in [1.54, 1.807) is 0 Å². The monoisotopic (exact) mass is 683 g/mol. The summed E-state index contributed by atoms with van der Waals surface area (Å²) in [5.74, 6) is 0.665. The van der Waals surface area contributed by atoms with Crippen LogP contribution in [0.3, 0.4) is 0 Å². The Morgan fingerprint density at radius 2 is 1.12 bits per heavy atom. The summed E-state index contributed by atoms with van der Waals surface area (Å²) in [6.45, 7) is 4.00. The second kappa shape index (κ2) is 12.2. The maximum atomic E-state index is 5.40. The maximum Gasteiger partial charge on any atom is 0.235 e. The quantitative estimate of drug-likeness (QED) is 0.186. The Hall–Kier alpha value is -6.36. The standard InChI is InChI=1S/C46H27N3S.C2H6/c1-2-13-30(14-3-1)44-35-17-8-9-20-38(35)47-46(48-44)49-39-24-21-28-11-4-6-15-32(28)42(39)36-19-10-18-34(45(36)49)31-23-25-40-37(27-31)43-33-16-7-5-12-29(33)22-26-41(43)50-40;1-2/h1-27H;1-2H3. The van der Waals surface area contributed by atoms with Gasteiger partial charge in [0.2, 0.25) is 5.95 Å². The normalized spacial score (nSPS) is 11.7. The second-order valence-electron chi connectivity index (χ2n) is 12.9. The highest BCUT2D eigenvalue weighted by Crippen LogP contribution is 2.44. The van der Waals surface area contributed by atoms with Crippen molar-refractivity contribution in [1.82, 2.24) is 14.5 Å². The molecule has 4 heteroatoms. The first kappa shape index (κ1) is 30.5. The van der Waals surface area contributed by atoms with Gasteiger partial charge in [-0.3, -0.25) is 4.57 Å². The summed E-state index contributed by atoms with van der Waals surface area (Å²) in [5.41, 5.74) is 7.45. The minimum absolute atomic E-state index is 0.665. The van der Waals surface area contributed by atoms with Gasteiger partial charge in [0.25, 0.3) is 0 Å². The zero-order valence-electron chi connectivity index (χ0n) is 28.8. The molecule has 0 N–H and O–H groups in total. The van der Waals surface area contributed by atoms with Crippen molar-refractivity contribution in [2.45, 2.75) is 13.8 Å². The van der Waals surface area contributed by atoms with Crippen LogP contribution in [0.2, 0.25) is 0 Å². The van der Waals surface area contributed by atoms with Gasteiger partial charge in [0, 0.05) is 47.5 Å². The average molecular weight is 684 g/mol. The largest absolute Gasteiger partial charge is 0.277 e. The van der Waals surface area contributed by atoms with E-state index in [4.69, 9.17) is 9.97 Å². The van der Waals surface area contributed by atoms with Gasteiger partial charge in [-0.2, -0.15) is 0 Å². The lowest BCUT2D eigenvalue weighted by molar-refractivity contribution is 1.01. The van der Waals surface area contributed by atoms with E-state index in [1.165, 1.54) is 58.1 Å². The summed E-state index contributed by atoms with van der Waals surface area (Å²) in [4.78, 5) is 10.7. The molecule has 0 spiro atoms. The predicted octanol–water partition coefficient (Wildman–Crippen LogP) is 13.8. The van der Waals surface area contributed by atoms with Gasteiger partial charge in [-0.1, -0.05) is 147 Å². The summed E-state index contributed by atoms with van der Waals surface area (Å²) in [5, 5.41) is 11.1. The van der Waals surface area contributed by atoms with Crippen LogP contribution in [0.5, 0.6) is 0 Å². The fourth-order valence-electron chi connectivity index (χ4n) is 7.97. The summed E-state index contributed by atoms with van der Waals surface area (Å²) in [6, 6.07) is 58.9. The van der Waals surface area contributed by atoms with E-state index < -0.39 is 0 Å². The minimum Gasteiger partial charge on any atom is -0.277 e. The van der Waals surface area contributed by atoms with Crippen LogP contribution in [-0.2, 0) is 0 Å². The van der Waals surface area contributed by atoms with E-state index in [2.05, 4.69) is 168 Å². The number of fused-ring (bicyclic) bond motifs is 11. The first-order valence-electron chi connectivity index (χ1n) is 17.9. The van der Waals surface area contributed by atoms with Gasteiger partial charge in [-0.15, -0.1) is 11.3 Å². The van der Waals surface area contributed by atoms with Gasteiger partial charge in [-0.25, -0.2) is 9.97 Å². The SMILES string of the molecule is CC.c1ccc(-c2nc(-n3c4ccc5ccccc5c4c4cccc(-c5ccc6sc7ccc8ccccc8c7c6c5)c43)nc3ccccc23)cc1. The van der Waals surface area contributed by atoms with E-state index in [0.29, 0.717) is 5.95 Å². The molecule has 0 saturated carbocycles. The Bertz CT molecular complexity index is 3150. The molecule has 0 fully saturated rings. The van der Waals surface area contributed by atoms with Crippen molar-refractivity contribution >= 4 is 85.8 Å². The molecule has 0 amide bonds. The summed E-state index contributed by atoms with van der Waals surface area (Å²) < 4.78 is 4.91. The van der Waals surface area contributed by atoms with Crippen molar-refractivity contribution in [1.29, 1.82) is 0 Å². The molecular weight excluding hydrogens is 651 g/mol. The van der Waals surface area contributed by atoms with E-state index in [0.717, 1.165) is 38.8 Å². The van der Waals surface area contributed by atoms with Crippen LogP contribution in [0.1, 0.15) is 13.8 Å². The van der Waals surface area contributed by atoms with Crippen molar-refractivity contribution in [2.75, 3.05) is 0 Å². The van der Waals surface area contributed by atoms with E-state index in [9.17, 15) is 0 Å². The predicted molar refractivity (Wildman–Crippen MR) is 224 cm³/mol. The summed E-state index contributed by atoms with van der Waals surface area (Å²) in [6.07, 6.45) is 0. The number of benzene rings is 8. The zero-order valence-corrected chi connectivity index (χ0v) is 29.7. The van der Waals surface area contributed by atoms with Crippen molar-refractivity contribution in [3.63, 3.8) is 0 Å². The number of thiophene rings is 1. The third-order valence-corrected chi connectivity index (χ3v) is 11.3. The number of aromatic nitrogens is 3. The molecule has 11 rings (SSSR count). The number of hydrogen-bond acceptors (Lipinski definition) is 3. The Morgan fingerprint density at radius 1 is 0.462 bits per heavy atom.